The molecular weight excluding hydrogens is 242 g/mol. The Bertz CT molecular complexity index is 538. The standard InChI is InChI=1S/C11H9NO4S/c13-8-3-1-2-4-9(8)16-6-7-5-12-10(17-7)11(14)15/h1-5,13H,6H2,(H,14,15). The van der Waals surface area contributed by atoms with E-state index < -0.39 is 5.97 Å². The number of nitrogens with zero attached hydrogens (tertiary/aromatic N) is 1. The number of carboxylic acids is 1. The Morgan fingerprint density at radius 1 is 1.41 bits per heavy atom. The molecule has 0 saturated carbocycles. The molecule has 0 amide bonds. The number of para-hydroxylation sites is 2. The van der Waals surface area contributed by atoms with E-state index in [0.29, 0.717) is 10.6 Å². The third-order valence-corrected chi connectivity index (χ3v) is 2.93. The highest BCUT2D eigenvalue weighted by Gasteiger charge is 2.09. The minimum Gasteiger partial charge on any atom is -0.504 e. The van der Waals surface area contributed by atoms with Gasteiger partial charge in [0.1, 0.15) is 6.61 Å². The molecule has 0 saturated heterocycles. The summed E-state index contributed by atoms with van der Waals surface area (Å²) in [6, 6.07) is 6.58. The lowest BCUT2D eigenvalue weighted by Crippen LogP contribution is -1.93. The van der Waals surface area contributed by atoms with Gasteiger partial charge in [0, 0.05) is 6.20 Å². The molecule has 0 aliphatic rings. The van der Waals surface area contributed by atoms with Gasteiger partial charge in [0.15, 0.2) is 11.5 Å². The molecule has 0 aliphatic carbocycles. The maximum absolute atomic E-state index is 10.6. The van der Waals surface area contributed by atoms with Crippen molar-refractivity contribution in [2.45, 2.75) is 6.61 Å². The van der Waals surface area contributed by atoms with Gasteiger partial charge in [-0.1, -0.05) is 12.1 Å². The van der Waals surface area contributed by atoms with Gasteiger partial charge in [0.25, 0.3) is 0 Å². The van der Waals surface area contributed by atoms with E-state index in [1.165, 1.54) is 12.3 Å². The third-order valence-electron chi connectivity index (χ3n) is 1.97. The molecule has 0 fully saturated rings. The van der Waals surface area contributed by atoms with Gasteiger partial charge in [-0.3, -0.25) is 0 Å². The van der Waals surface area contributed by atoms with Crippen LogP contribution in [-0.4, -0.2) is 21.2 Å². The summed E-state index contributed by atoms with van der Waals surface area (Å²) < 4.78 is 5.34. The molecular formula is C11H9NO4S. The number of ether oxygens (including phenoxy) is 1. The minimum atomic E-state index is -1.05. The second-order valence-electron chi connectivity index (χ2n) is 3.19. The topological polar surface area (TPSA) is 79.7 Å². The van der Waals surface area contributed by atoms with Gasteiger partial charge in [-0.2, -0.15) is 0 Å². The van der Waals surface area contributed by atoms with Gasteiger partial charge in [-0.05, 0) is 12.1 Å². The Kier molecular flexibility index (Phi) is 3.24. The normalized spacial score (nSPS) is 10.1. The molecule has 0 radical (unpaired) electrons. The van der Waals surface area contributed by atoms with Crippen molar-refractivity contribution in [3.05, 3.63) is 40.3 Å². The maximum atomic E-state index is 10.6. The molecule has 1 aromatic carbocycles. The van der Waals surface area contributed by atoms with E-state index in [9.17, 15) is 9.90 Å². The number of carbonyl (C=O) groups is 1. The Hall–Kier alpha value is -2.08. The molecule has 0 aliphatic heterocycles. The number of hydrogen-bond donors (Lipinski definition) is 2. The monoisotopic (exact) mass is 251 g/mol. The Balaban J connectivity index is 2.02. The highest BCUT2D eigenvalue weighted by Crippen LogP contribution is 2.26. The third kappa shape index (κ3) is 2.73. The van der Waals surface area contributed by atoms with Gasteiger partial charge >= 0.3 is 5.97 Å². The molecule has 1 aromatic heterocycles. The van der Waals surface area contributed by atoms with Crippen LogP contribution in [0, 0.1) is 0 Å². The van der Waals surface area contributed by atoms with E-state index in [1.54, 1.807) is 18.2 Å². The van der Waals surface area contributed by atoms with Crippen molar-refractivity contribution < 1.29 is 19.7 Å². The van der Waals surface area contributed by atoms with Crippen molar-refractivity contribution in [3.8, 4) is 11.5 Å². The Morgan fingerprint density at radius 3 is 2.82 bits per heavy atom. The molecule has 0 bridgehead atoms. The first kappa shape index (κ1) is 11.4. The van der Waals surface area contributed by atoms with E-state index >= 15 is 0 Å². The van der Waals surface area contributed by atoms with Crippen LogP contribution in [0.2, 0.25) is 0 Å². The number of carboxylic acid groups (broad SMARTS) is 1. The summed E-state index contributed by atoms with van der Waals surface area (Å²) in [6.07, 6.45) is 1.45. The summed E-state index contributed by atoms with van der Waals surface area (Å²) in [5.41, 5.74) is 0. The number of benzene rings is 1. The first-order chi connectivity index (χ1) is 8.16. The first-order valence-corrected chi connectivity index (χ1v) is 5.57. The fourth-order valence-electron chi connectivity index (χ4n) is 1.20. The minimum absolute atomic E-state index is 0.0286. The van der Waals surface area contributed by atoms with Crippen LogP contribution in [0.25, 0.3) is 0 Å². The molecule has 0 atom stereocenters. The molecule has 2 rings (SSSR count). The number of aromatic nitrogens is 1. The number of rotatable bonds is 4. The van der Waals surface area contributed by atoms with E-state index in [-0.39, 0.29) is 17.4 Å². The van der Waals surface area contributed by atoms with Crippen molar-refractivity contribution in [3.63, 3.8) is 0 Å². The molecule has 1 heterocycles. The molecule has 6 heteroatoms. The van der Waals surface area contributed by atoms with E-state index in [0.717, 1.165) is 11.3 Å². The molecule has 88 valence electrons. The van der Waals surface area contributed by atoms with Crippen molar-refractivity contribution in [2.24, 2.45) is 0 Å². The largest absolute Gasteiger partial charge is 0.504 e. The Labute approximate surface area is 101 Å². The summed E-state index contributed by atoms with van der Waals surface area (Å²) in [7, 11) is 0. The number of aromatic carboxylic acids is 1. The maximum Gasteiger partial charge on any atom is 0.365 e. The lowest BCUT2D eigenvalue weighted by atomic mass is 10.3. The predicted octanol–water partition coefficient (Wildman–Crippen LogP) is 2.13. The summed E-state index contributed by atoms with van der Waals surface area (Å²) in [5.74, 6) is -0.642. The van der Waals surface area contributed by atoms with Crippen molar-refractivity contribution in [2.75, 3.05) is 0 Å². The van der Waals surface area contributed by atoms with Gasteiger partial charge in [-0.15, -0.1) is 11.3 Å². The predicted molar refractivity (Wildman–Crippen MR) is 61.5 cm³/mol. The van der Waals surface area contributed by atoms with Crippen molar-refractivity contribution >= 4 is 17.3 Å². The molecule has 5 nitrogen and oxygen atoms in total. The molecule has 2 aromatic rings. The van der Waals surface area contributed by atoms with Crippen LogP contribution in [0.5, 0.6) is 11.5 Å². The summed E-state index contributed by atoms with van der Waals surface area (Å²) in [4.78, 5) is 15.0. The van der Waals surface area contributed by atoms with E-state index in [1.807, 2.05) is 0 Å². The first-order valence-electron chi connectivity index (χ1n) is 4.75. The zero-order valence-corrected chi connectivity index (χ0v) is 9.48. The lowest BCUT2D eigenvalue weighted by molar-refractivity contribution is 0.0696. The van der Waals surface area contributed by atoms with Crippen molar-refractivity contribution in [1.29, 1.82) is 0 Å². The van der Waals surface area contributed by atoms with Crippen LogP contribution in [-0.2, 0) is 6.61 Å². The van der Waals surface area contributed by atoms with Gasteiger partial charge in [0.2, 0.25) is 5.01 Å². The smallest absolute Gasteiger partial charge is 0.365 e. The highest BCUT2D eigenvalue weighted by molar-refractivity contribution is 7.13. The van der Waals surface area contributed by atoms with Gasteiger partial charge in [0.05, 0.1) is 4.88 Å². The molecule has 0 unspecified atom stereocenters. The van der Waals surface area contributed by atoms with Crippen LogP contribution >= 0.6 is 11.3 Å². The number of thiazole rings is 1. The number of aromatic hydroxyl groups is 1. The van der Waals surface area contributed by atoms with Crippen LogP contribution in [0.4, 0.5) is 0 Å². The summed E-state index contributed by atoms with van der Waals surface area (Å²) >= 11 is 1.05. The molecule has 0 spiro atoms. The fourth-order valence-corrected chi connectivity index (χ4v) is 1.87. The number of hydrogen-bond acceptors (Lipinski definition) is 5. The van der Waals surface area contributed by atoms with Gasteiger partial charge in [-0.25, -0.2) is 9.78 Å². The van der Waals surface area contributed by atoms with Gasteiger partial charge < -0.3 is 14.9 Å². The van der Waals surface area contributed by atoms with Crippen LogP contribution in [0.15, 0.2) is 30.5 Å². The number of phenolic OH excluding ortho intramolecular Hbond substituents is 1. The zero-order chi connectivity index (χ0) is 12.3. The second-order valence-corrected chi connectivity index (χ2v) is 4.31. The van der Waals surface area contributed by atoms with E-state index in [4.69, 9.17) is 9.84 Å². The van der Waals surface area contributed by atoms with Crippen LogP contribution in [0.3, 0.4) is 0 Å². The summed E-state index contributed by atoms with van der Waals surface area (Å²) in [6.45, 7) is 0.183. The average Bonchev–Trinajstić information content (AvgIpc) is 2.77. The second kappa shape index (κ2) is 4.84. The zero-order valence-electron chi connectivity index (χ0n) is 8.66. The van der Waals surface area contributed by atoms with Crippen molar-refractivity contribution in [1.82, 2.24) is 4.98 Å². The summed E-state index contributed by atoms with van der Waals surface area (Å²) in [5, 5.41) is 18.2. The highest BCUT2D eigenvalue weighted by atomic mass is 32.1. The molecule has 2 N–H and O–H groups in total. The van der Waals surface area contributed by atoms with E-state index in [2.05, 4.69) is 4.98 Å². The molecule has 17 heavy (non-hydrogen) atoms. The Morgan fingerprint density at radius 2 is 2.18 bits per heavy atom. The number of phenols is 1. The van der Waals surface area contributed by atoms with Crippen LogP contribution < -0.4 is 4.74 Å². The average molecular weight is 251 g/mol. The SMILES string of the molecule is O=C(O)c1ncc(COc2ccccc2O)s1. The fraction of sp³-hybridized carbons (Fsp3) is 0.0909. The van der Waals surface area contributed by atoms with Crippen LogP contribution in [0.1, 0.15) is 14.7 Å². The lowest BCUT2D eigenvalue weighted by Gasteiger charge is -2.05. The quantitative estimate of drug-likeness (QED) is 0.870.